The fourth-order valence-corrected chi connectivity index (χ4v) is 20.5. The molecule has 2 nitrogen and oxygen atoms in total. The van der Waals surface area contributed by atoms with Crippen LogP contribution in [0.5, 0.6) is 0 Å². The maximum atomic E-state index is 2.58. The average Bonchev–Trinajstić information content (AvgIpc) is 1.48. The largest absolute Gasteiger partial charge is 0.310 e. The van der Waals surface area contributed by atoms with Crippen molar-refractivity contribution in [2.45, 2.75) is 49.4 Å². The normalized spacial score (nSPS) is 14.7. The Balaban J connectivity index is 0.640. The molecular formula is C104H72N2. The molecule has 2 heteroatoms. The molecule has 498 valence electrons. The van der Waals surface area contributed by atoms with Gasteiger partial charge in [-0.1, -0.05) is 319 Å². The first-order valence-electron chi connectivity index (χ1n) is 37.5. The van der Waals surface area contributed by atoms with Crippen molar-refractivity contribution in [3.63, 3.8) is 0 Å². The van der Waals surface area contributed by atoms with Gasteiger partial charge in [0, 0.05) is 44.7 Å². The summed E-state index contributed by atoms with van der Waals surface area (Å²) in [5.41, 5.74) is 44.1. The summed E-state index contributed by atoms with van der Waals surface area (Å²) < 4.78 is 0. The van der Waals surface area contributed by atoms with E-state index < -0.39 is 10.8 Å². The number of nitrogens with zero attached hydrogens (tertiary/aromatic N) is 2. The summed E-state index contributed by atoms with van der Waals surface area (Å²) in [4.78, 5) is 5.07. The summed E-state index contributed by atoms with van der Waals surface area (Å²) in [6, 6.07) is 138. The molecule has 0 aliphatic heterocycles. The van der Waals surface area contributed by atoms with Crippen molar-refractivity contribution in [1.82, 2.24) is 0 Å². The summed E-state index contributed by atoms with van der Waals surface area (Å²) in [5.74, 6) is 0. The molecular weight excluding hydrogens is 1280 g/mol. The lowest BCUT2D eigenvalue weighted by Gasteiger charge is -2.33. The van der Waals surface area contributed by atoms with Gasteiger partial charge in [-0.3, -0.25) is 0 Å². The molecule has 0 fully saturated rings. The molecule has 0 unspecified atom stereocenters. The van der Waals surface area contributed by atoms with Crippen LogP contribution in [0.25, 0.3) is 100 Å². The first-order valence-corrected chi connectivity index (χ1v) is 37.5. The van der Waals surface area contributed by atoms with Gasteiger partial charge in [-0.15, -0.1) is 0 Å². The zero-order chi connectivity index (χ0) is 70.4. The van der Waals surface area contributed by atoms with Crippen LogP contribution in [-0.4, -0.2) is 0 Å². The Morgan fingerprint density at radius 2 is 0.500 bits per heavy atom. The molecule has 0 saturated carbocycles. The molecule has 0 saturated heterocycles. The van der Waals surface area contributed by atoms with E-state index in [0.717, 1.165) is 34.1 Å². The molecule has 2 spiro atoms. The van der Waals surface area contributed by atoms with E-state index in [4.69, 9.17) is 0 Å². The highest BCUT2D eigenvalue weighted by atomic mass is 15.2. The molecule has 6 aliphatic carbocycles. The van der Waals surface area contributed by atoms with Crippen LogP contribution in [0.3, 0.4) is 0 Å². The predicted octanol–water partition coefficient (Wildman–Crippen LogP) is 26.9. The van der Waals surface area contributed by atoms with Crippen molar-refractivity contribution < 1.29 is 0 Å². The standard InChI is InChI=1S/C104H72N2/c1-101(2)86-38-16-8-31-75(86)81-56-53-72(63-96(81)101)105(71-55-59-94-85(62-71)80-36-13-21-43-92(80)103(94)88-39-17-9-32-76(88)77-33-10-18-40-89(77)103)70-51-48-65(49-52-70)67-28-24-29-68(60-67)69-50-58-87-84(61-69)82-57-54-73(64-97(82)102(87,3)4)106(98-46-23-15-30-74(98)66-26-6-5-7-27-66)99-47-25-45-95-100(99)83-37-14-22-44-93(83)104(95)90-41-19-11-34-78(90)79-35-12-20-42-91(79)104/h5-64H,1-4H3. The fourth-order valence-electron chi connectivity index (χ4n) is 20.5. The van der Waals surface area contributed by atoms with E-state index in [2.05, 4.69) is 401 Å². The summed E-state index contributed by atoms with van der Waals surface area (Å²) in [7, 11) is 0. The van der Waals surface area contributed by atoms with E-state index in [0.29, 0.717) is 0 Å². The molecule has 0 bridgehead atoms. The highest BCUT2D eigenvalue weighted by molar-refractivity contribution is 6.04. The first-order chi connectivity index (χ1) is 52.1. The van der Waals surface area contributed by atoms with E-state index >= 15 is 0 Å². The number of fused-ring (bicyclic) bond motifs is 26. The van der Waals surface area contributed by atoms with Crippen molar-refractivity contribution in [3.05, 3.63) is 431 Å². The summed E-state index contributed by atoms with van der Waals surface area (Å²) in [6.45, 7) is 9.60. The fraction of sp³-hybridized carbons (Fsp3) is 0.0769. The van der Waals surface area contributed by atoms with E-state index in [1.165, 1.54) is 167 Å². The van der Waals surface area contributed by atoms with Gasteiger partial charge in [0.1, 0.15) is 0 Å². The summed E-state index contributed by atoms with van der Waals surface area (Å²) in [5, 5.41) is 0. The van der Waals surface area contributed by atoms with Crippen LogP contribution in [-0.2, 0) is 21.7 Å². The number of hydrogen-bond donors (Lipinski definition) is 0. The van der Waals surface area contributed by atoms with E-state index in [-0.39, 0.29) is 10.8 Å². The Kier molecular flexibility index (Phi) is 12.8. The van der Waals surface area contributed by atoms with Gasteiger partial charge in [-0.2, -0.15) is 0 Å². The van der Waals surface area contributed by atoms with Crippen molar-refractivity contribution in [2.24, 2.45) is 0 Å². The number of hydrogen-bond acceptors (Lipinski definition) is 2. The maximum absolute atomic E-state index is 2.58. The zero-order valence-corrected chi connectivity index (χ0v) is 59.5. The third-order valence-corrected chi connectivity index (χ3v) is 25.1. The van der Waals surface area contributed by atoms with Gasteiger partial charge in [0.25, 0.3) is 0 Å². The second-order valence-electron chi connectivity index (χ2n) is 30.9. The van der Waals surface area contributed by atoms with Gasteiger partial charge < -0.3 is 9.80 Å². The van der Waals surface area contributed by atoms with Crippen LogP contribution in [0, 0.1) is 0 Å². The highest BCUT2D eigenvalue weighted by Crippen LogP contribution is 2.67. The van der Waals surface area contributed by atoms with E-state index in [1.807, 2.05) is 0 Å². The molecule has 16 aromatic rings. The molecule has 0 amide bonds. The average molecular weight is 1350 g/mol. The Morgan fingerprint density at radius 1 is 0.170 bits per heavy atom. The number of anilines is 6. The second kappa shape index (κ2) is 22.3. The topological polar surface area (TPSA) is 6.48 Å². The molecule has 6 aliphatic rings. The lowest BCUT2D eigenvalue weighted by atomic mass is 9.70. The monoisotopic (exact) mass is 1350 g/mol. The van der Waals surface area contributed by atoms with Crippen LogP contribution in [0.1, 0.15) is 94.5 Å². The number of benzene rings is 16. The van der Waals surface area contributed by atoms with Gasteiger partial charge in [-0.25, -0.2) is 0 Å². The van der Waals surface area contributed by atoms with Crippen molar-refractivity contribution in [1.29, 1.82) is 0 Å². The Hall–Kier alpha value is -12.9. The smallest absolute Gasteiger partial charge is 0.0726 e. The Bertz CT molecular complexity index is 6330. The van der Waals surface area contributed by atoms with Crippen LogP contribution in [0.15, 0.2) is 364 Å². The van der Waals surface area contributed by atoms with E-state index in [1.54, 1.807) is 0 Å². The van der Waals surface area contributed by atoms with E-state index in [9.17, 15) is 0 Å². The minimum Gasteiger partial charge on any atom is -0.310 e. The molecule has 106 heavy (non-hydrogen) atoms. The summed E-state index contributed by atoms with van der Waals surface area (Å²) >= 11 is 0. The van der Waals surface area contributed by atoms with Gasteiger partial charge in [0.2, 0.25) is 0 Å². The third kappa shape index (κ3) is 8.16. The predicted molar refractivity (Wildman–Crippen MR) is 440 cm³/mol. The van der Waals surface area contributed by atoms with Crippen molar-refractivity contribution in [3.8, 4) is 100 Å². The number of para-hydroxylation sites is 1. The Morgan fingerprint density at radius 3 is 1.08 bits per heavy atom. The van der Waals surface area contributed by atoms with Gasteiger partial charge in [-0.05, 0) is 229 Å². The molecule has 0 heterocycles. The van der Waals surface area contributed by atoms with Crippen LogP contribution < -0.4 is 9.80 Å². The lowest BCUT2D eigenvalue weighted by Crippen LogP contribution is -2.26. The van der Waals surface area contributed by atoms with Crippen LogP contribution in [0.2, 0.25) is 0 Å². The maximum Gasteiger partial charge on any atom is 0.0726 e. The van der Waals surface area contributed by atoms with Gasteiger partial charge >= 0.3 is 0 Å². The van der Waals surface area contributed by atoms with Crippen molar-refractivity contribution >= 4 is 34.1 Å². The molecule has 22 rings (SSSR count). The zero-order valence-electron chi connectivity index (χ0n) is 59.5. The number of rotatable bonds is 9. The van der Waals surface area contributed by atoms with Gasteiger partial charge in [0.15, 0.2) is 0 Å². The molecule has 0 radical (unpaired) electrons. The van der Waals surface area contributed by atoms with Crippen LogP contribution >= 0.6 is 0 Å². The first kappa shape index (κ1) is 60.7. The minimum atomic E-state index is -0.484. The SMILES string of the molecule is CC1(C)c2ccccc2-c2ccc(N(c3ccc(-c4cccc(-c5ccc6c(c5)-c5ccc(N(c7ccccc7-c7ccccc7)c7cccc8c7-c7ccccc7C87c8ccccc8-c8ccccc87)cc5C6(C)C)c4)cc3)c3ccc4c(c3)-c3ccccc3C43c4ccccc4-c4ccccc43)cc21. The lowest BCUT2D eigenvalue weighted by molar-refractivity contribution is 0.660. The Labute approximate surface area is 620 Å². The molecule has 16 aromatic carbocycles. The molecule has 0 aromatic heterocycles. The van der Waals surface area contributed by atoms with Gasteiger partial charge in [0.05, 0.1) is 22.2 Å². The summed E-state index contributed by atoms with van der Waals surface area (Å²) in [6.07, 6.45) is 0. The molecule has 0 atom stereocenters. The quantitative estimate of drug-likeness (QED) is 0.142. The van der Waals surface area contributed by atoms with Crippen LogP contribution in [0.4, 0.5) is 34.1 Å². The second-order valence-corrected chi connectivity index (χ2v) is 30.9. The molecule has 0 N–H and O–H groups in total. The third-order valence-electron chi connectivity index (χ3n) is 25.1. The minimum absolute atomic E-state index is 0.171. The van der Waals surface area contributed by atoms with Crippen molar-refractivity contribution in [2.75, 3.05) is 9.80 Å². The highest BCUT2D eigenvalue weighted by Gasteiger charge is 2.54.